The lowest BCUT2D eigenvalue weighted by Crippen LogP contribution is -2.27. The molecule has 7 heteroatoms. The van der Waals surface area contributed by atoms with Gasteiger partial charge in [0.25, 0.3) is 15.9 Å². The minimum atomic E-state index is -3.74. The number of sulfonamides is 1. The zero-order valence-corrected chi connectivity index (χ0v) is 17.9. The Kier molecular flexibility index (Phi) is 6.42. The van der Waals surface area contributed by atoms with Crippen LogP contribution in [0.4, 0.5) is 11.4 Å². The number of nitrogens with zero attached hydrogens (tertiary/aromatic N) is 1. The first-order valence-corrected chi connectivity index (χ1v) is 11.0. The summed E-state index contributed by atoms with van der Waals surface area (Å²) in [5, 5.41) is 2.83. The topological polar surface area (TPSA) is 75.7 Å². The number of benzene rings is 3. The van der Waals surface area contributed by atoms with Crippen molar-refractivity contribution in [2.75, 3.05) is 23.3 Å². The van der Waals surface area contributed by atoms with Gasteiger partial charge in [0.2, 0.25) is 0 Å². The van der Waals surface area contributed by atoms with Crippen LogP contribution < -0.4 is 14.4 Å². The Balaban J connectivity index is 1.88. The monoisotopic (exact) mass is 424 g/mol. The molecule has 0 spiro atoms. The van der Waals surface area contributed by atoms with Gasteiger partial charge in [0.1, 0.15) is 5.75 Å². The molecular weight excluding hydrogens is 400 g/mol. The largest absolute Gasteiger partial charge is 0.494 e. The van der Waals surface area contributed by atoms with E-state index in [-0.39, 0.29) is 10.8 Å². The lowest BCUT2D eigenvalue weighted by Gasteiger charge is -2.22. The van der Waals surface area contributed by atoms with Crippen LogP contribution in [0.15, 0.2) is 77.7 Å². The summed E-state index contributed by atoms with van der Waals surface area (Å²) in [4.78, 5) is 13.0. The molecule has 0 aliphatic carbocycles. The van der Waals surface area contributed by atoms with Crippen molar-refractivity contribution in [2.45, 2.75) is 18.7 Å². The molecule has 0 heterocycles. The standard InChI is InChI=1S/C23H24N2O4S/c1-4-29-20-10-8-9-19(16-20)24-23(26)18-14-13-17(2)22(15-18)25(3)30(27,28)21-11-6-5-7-12-21/h5-16H,4H2,1-3H3,(H,24,26). The van der Waals surface area contributed by atoms with Crippen LogP contribution in [0, 0.1) is 6.92 Å². The molecule has 1 amide bonds. The number of anilines is 2. The minimum absolute atomic E-state index is 0.189. The molecule has 0 saturated carbocycles. The van der Waals surface area contributed by atoms with E-state index in [2.05, 4.69) is 5.32 Å². The first-order chi connectivity index (χ1) is 14.3. The average molecular weight is 425 g/mol. The highest BCUT2D eigenvalue weighted by Gasteiger charge is 2.23. The van der Waals surface area contributed by atoms with Crippen LogP contribution in [0.25, 0.3) is 0 Å². The summed E-state index contributed by atoms with van der Waals surface area (Å²) in [6.45, 7) is 4.22. The maximum absolute atomic E-state index is 13.0. The molecule has 1 N–H and O–H groups in total. The van der Waals surface area contributed by atoms with E-state index >= 15 is 0 Å². The van der Waals surface area contributed by atoms with E-state index in [1.54, 1.807) is 73.7 Å². The predicted molar refractivity (Wildman–Crippen MR) is 119 cm³/mol. The summed E-state index contributed by atoms with van der Waals surface area (Å²) in [7, 11) is -2.26. The van der Waals surface area contributed by atoms with Crippen molar-refractivity contribution in [3.05, 3.63) is 83.9 Å². The first kappa shape index (κ1) is 21.4. The molecule has 0 aliphatic heterocycles. The Hall–Kier alpha value is -3.32. The molecule has 6 nitrogen and oxygen atoms in total. The zero-order valence-electron chi connectivity index (χ0n) is 17.1. The van der Waals surface area contributed by atoms with E-state index < -0.39 is 10.0 Å². The zero-order chi connectivity index (χ0) is 21.7. The quantitative estimate of drug-likeness (QED) is 0.607. The summed E-state index contributed by atoms with van der Waals surface area (Å²) in [6, 6.07) is 20.3. The van der Waals surface area contributed by atoms with Gasteiger partial charge in [-0.25, -0.2) is 8.42 Å². The van der Waals surface area contributed by atoms with Crippen LogP contribution in [0.1, 0.15) is 22.8 Å². The van der Waals surface area contributed by atoms with E-state index in [4.69, 9.17) is 4.74 Å². The molecular formula is C23H24N2O4S. The number of aryl methyl sites for hydroxylation is 1. The molecule has 0 radical (unpaired) electrons. The van der Waals surface area contributed by atoms with Gasteiger partial charge in [-0.15, -0.1) is 0 Å². The number of nitrogens with one attached hydrogen (secondary N) is 1. The minimum Gasteiger partial charge on any atom is -0.494 e. The van der Waals surface area contributed by atoms with Gasteiger partial charge in [-0.2, -0.15) is 0 Å². The Morgan fingerprint density at radius 3 is 2.43 bits per heavy atom. The Bertz CT molecular complexity index is 1140. The van der Waals surface area contributed by atoms with Gasteiger partial charge < -0.3 is 10.1 Å². The van der Waals surface area contributed by atoms with Crippen LogP contribution in [0.5, 0.6) is 5.75 Å². The molecule has 0 unspecified atom stereocenters. The van der Waals surface area contributed by atoms with Gasteiger partial charge in [0, 0.05) is 24.4 Å². The van der Waals surface area contributed by atoms with Crippen molar-refractivity contribution in [1.29, 1.82) is 0 Å². The highest BCUT2D eigenvalue weighted by atomic mass is 32.2. The molecule has 0 fully saturated rings. The number of hydrogen-bond donors (Lipinski definition) is 1. The third-order valence-electron chi connectivity index (χ3n) is 4.62. The fourth-order valence-electron chi connectivity index (χ4n) is 3.00. The van der Waals surface area contributed by atoms with Crippen molar-refractivity contribution in [2.24, 2.45) is 0 Å². The van der Waals surface area contributed by atoms with E-state index in [0.717, 1.165) is 5.56 Å². The lowest BCUT2D eigenvalue weighted by molar-refractivity contribution is 0.102. The second-order valence-corrected chi connectivity index (χ2v) is 8.67. The summed E-state index contributed by atoms with van der Waals surface area (Å²) in [5.74, 6) is 0.323. The SMILES string of the molecule is CCOc1cccc(NC(=O)c2ccc(C)c(N(C)S(=O)(=O)c3ccccc3)c2)c1. The highest BCUT2D eigenvalue weighted by molar-refractivity contribution is 7.92. The molecule has 30 heavy (non-hydrogen) atoms. The number of ether oxygens (including phenoxy) is 1. The van der Waals surface area contributed by atoms with Gasteiger partial charge in [-0.3, -0.25) is 9.10 Å². The van der Waals surface area contributed by atoms with Crippen molar-refractivity contribution in [3.63, 3.8) is 0 Å². The van der Waals surface area contributed by atoms with Crippen LogP contribution in [0.3, 0.4) is 0 Å². The molecule has 0 aliphatic rings. The molecule has 156 valence electrons. The first-order valence-electron chi connectivity index (χ1n) is 9.51. The van der Waals surface area contributed by atoms with E-state index in [1.807, 2.05) is 13.0 Å². The Morgan fingerprint density at radius 2 is 1.73 bits per heavy atom. The van der Waals surface area contributed by atoms with Crippen molar-refractivity contribution < 1.29 is 17.9 Å². The molecule has 3 aromatic carbocycles. The van der Waals surface area contributed by atoms with Crippen LogP contribution in [-0.2, 0) is 10.0 Å². The maximum Gasteiger partial charge on any atom is 0.264 e. The van der Waals surface area contributed by atoms with Crippen molar-refractivity contribution in [3.8, 4) is 5.75 Å². The number of carbonyl (C=O) groups excluding carboxylic acids is 1. The maximum atomic E-state index is 13.0. The summed E-state index contributed by atoms with van der Waals surface area (Å²) < 4.78 is 32.6. The third-order valence-corrected chi connectivity index (χ3v) is 6.40. The fourth-order valence-corrected chi connectivity index (χ4v) is 4.28. The molecule has 0 saturated heterocycles. The molecule has 0 atom stereocenters. The van der Waals surface area contributed by atoms with Crippen molar-refractivity contribution in [1.82, 2.24) is 0 Å². The molecule has 0 aromatic heterocycles. The summed E-state index contributed by atoms with van der Waals surface area (Å²) in [5.41, 5.74) is 2.13. The van der Waals surface area contributed by atoms with Gasteiger partial charge in [-0.1, -0.05) is 30.3 Å². The van der Waals surface area contributed by atoms with E-state index in [9.17, 15) is 13.2 Å². The molecule has 3 rings (SSSR count). The van der Waals surface area contributed by atoms with Crippen LogP contribution in [0.2, 0.25) is 0 Å². The average Bonchev–Trinajstić information content (AvgIpc) is 2.74. The van der Waals surface area contributed by atoms with Crippen LogP contribution in [-0.4, -0.2) is 28.0 Å². The van der Waals surface area contributed by atoms with Crippen LogP contribution >= 0.6 is 0 Å². The summed E-state index contributed by atoms with van der Waals surface area (Å²) >= 11 is 0. The normalized spacial score (nSPS) is 11.0. The fraction of sp³-hybridized carbons (Fsp3) is 0.174. The third kappa shape index (κ3) is 4.63. The Labute approximate surface area is 177 Å². The van der Waals surface area contributed by atoms with Gasteiger partial charge in [0.15, 0.2) is 0 Å². The van der Waals surface area contributed by atoms with E-state index in [0.29, 0.717) is 29.3 Å². The Morgan fingerprint density at radius 1 is 1.00 bits per heavy atom. The van der Waals surface area contributed by atoms with E-state index in [1.165, 1.54) is 11.4 Å². The summed E-state index contributed by atoms with van der Waals surface area (Å²) in [6.07, 6.45) is 0. The number of carbonyl (C=O) groups is 1. The van der Waals surface area contributed by atoms with Gasteiger partial charge in [-0.05, 0) is 55.8 Å². The smallest absolute Gasteiger partial charge is 0.264 e. The molecule has 3 aromatic rings. The van der Waals surface area contributed by atoms with Gasteiger partial charge in [0.05, 0.1) is 17.2 Å². The second kappa shape index (κ2) is 9.00. The molecule has 0 bridgehead atoms. The highest BCUT2D eigenvalue weighted by Crippen LogP contribution is 2.27. The number of amides is 1. The second-order valence-electron chi connectivity index (χ2n) is 6.70. The lowest BCUT2D eigenvalue weighted by atomic mass is 10.1. The van der Waals surface area contributed by atoms with Gasteiger partial charge >= 0.3 is 0 Å². The van der Waals surface area contributed by atoms with Crippen molar-refractivity contribution >= 4 is 27.3 Å². The number of hydrogen-bond acceptors (Lipinski definition) is 4. The predicted octanol–water partition coefficient (Wildman–Crippen LogP) is 4.47. The number of rotatable bonds is 7.